The van der Waals surface area contributed by atoms with E-state index in [1.807, 2.05) is 42.5 Å². The Balaban J connectivity index is 1.49. The maximum Gasteiger partial charge on any atom is 0.255 e. The Bertz CT molecular complexity index is 1270. The zero-order chi connectivity index (χ0) is 22.8. The minimum atomic E-state index is -0.346. The van der Waals surface area contributed by atoms with E-state index in [1.54, 1.807) is 19.2 Å². The van der Waals surface area contributed by atoms with E-state index in [0.717, 1.165) is 42.7 Å². The van der Waals surface area contributed by atoms with Crippen molar-refractivity contribution in [2.75, 3.05) is 13.7 Å². The highest BCUT2D eigenvalue weighted by atomic mass is 19.1. The van der Waals surface area contributed by atoms with Crippen molar-refractivity contribution in [3.8, 4) is 28.2 Å². The molecular weight excluding hydrogens is 421 g/mol. The number of halogens is 1. The average molecular weight is 445 g/mol. The molecule has 33 heavy (non-hydrogen) atoms. The first kappa shape index (κ1) is 21.2. The lowest BCUT2D eigenvalue weighted by Crippen LogP contribution is -2.24. The molecule has 0 saturated carbocycles. The molecule has 1 N–H and O–H groups in total. The third kappa shape index (κ3) is 4.34. The van der Waals surface area contributed by atoms with E-state index >= 15 is 0 Å². The summed E-state index contributed by atoms with van der Waals surface area (Å²) < 4.78 is 31.0. The van der Waals surface area contributed by atoms with Crippen molar-refractivity contribution in [1.29, 1.82) is 0 Å². The molecule has 1 amide bonds. The lowest BCUT2D eigenvalue weighted by atomic mass is 10.00. The van der Waals surface area contributed by atoms with E-state index in [-0.39, 0.29) is 18.0 Å². The van der Waals surface area contributed by atoms with E-state index in [1.165, 1.54) is 12.1 Å². The molecule has 1 saturated heterocycles. The Morgan fingerprint density at radius 2 is 1.70 bits per heavy atom. The highest BCUT2D eigenvalue weighted by Crippen LogP contribution is 2.36. The summed E-state index contributed by atoms with van der Waals surface area (Å²) >= 11 is 0. The highest BCUT2D eigenvalue weighted by Gasteiger charge is 2.22. The summed E-state index contributed by atoms with van der Waals surface area (Å²) in [4.78, 5) is 12.8. The van der Waals surface area contributed by atoms with E-state index in [9.17, 15) is 9.18 Å². The van der Waals surface area contributed by atoms with Gasteiger partial charge < -0.3 is 19.2 Å². The van der Waals surface area contributed by atoms with Crippen molar-refractivity contribution in [2.24, 2.45) is 0 Å². The molecule has 3 aromatic carbocycles. The monoisotopic (exact) mass is 445 g/mol. The van der Waals surface area contributed by atoms with Crippen LogP contribution in [-0.2, 0) is 4.74 Å². The van der Waals surface area contributed by atoms with Gasteiger partial charge in [0.15, 0.2) is 6.29 Å². The van der Waals surface area contributed by atoms with E-state index < -0.39 is 0 Å². The van der Waals surface area contributed by atoms with E-state index in [0.29, 0.717) is 27.9 Å². The second-order valence-electron chi connectivity index (χ2n) is 8.04. The zero-order valence-corrected chi connectivity index (χ0v) is 18.3. The number of furan rings is 1. The predicted octanol–water partition coefficient (Wildman–Crippen LogP) is 6.17. The molecule has 0 aliphatic carbocycles. The van der Waals surface area contributed by atoms with Gasteiger partial charge in [0.05, 0.1) is 12.2 Å². The van der Waals surface area contributed by atoms with Gasteiger partial charge in [0.2, 0.25) is 0 Å². The van der Waals surface area contributed by atoms with Crippen LogP contribution in [0.3, 0.4) is 0 Å². The van der Waals surface area contributed by atoms with Crippen LogP contribution in [0.15, 0.2) is 71.1 Å². The zero-order valence-electron chi connectivity index (χ0n) is 18.3. The van der Waals surface area contributed by atoms with Crippen LogP contribution in [0.25, 0.3) is 33.4 Å². The summed E-state index contributed by atoms with van der Waals surface area (Å²) in [6.07, 6.45) is 2.90. The first-order chi connectivity index (χ1) is 16.1. The van der Waals surface area contributed by atoms with Gasteiger partial charge >= 0.3 is 0 Å². The molecule has 0 spiro atoms. The topological polar surface area (TPSA) is 60.7 Å². The number of nitrogens with one attached hydrogen (secondary N) is 1. The van der Waals surface area contributed by atoms with Crippen molar-refractivity contribution < 1.29 is 23.1 Å². The molecule has 168 valence electrons. The predicted molar refractivity (Wildman–Crippen MR) is 125 cm³/mol. The first-order valence-corrected chi connectivity index (χ1v) is 11.1. The van der Waals surface area contributed by atoms with E-state index in [2.05, 4.69) is 5.32 Å². The number of rotatable bonds is 5. The Kier molecular flexibility index (Phi) is 5.84. The second-order valence-corrected chi connectivity index (χ2v) is 8.04. The van der Waals surface area contributed by atoms with Crippen LogP contribution in [-0.4, -0.2) is 25.9 Å². The summed E-state index contributed by atoms with van der Waals surface area (Å²) in [6.45, 7) is 0.737. The smallest absolute Gasteiger partial charge is 0.255 e. The lowest BCUT2D eigenvalue weighted by Gasteiger charge is -2.23. The molecular formula is C27H24FNO4. The Morgan fingerprint density at radius 1 is 0.970 bits per heavy atom. The lowest BCUT2D eigenvalue weighted by molar-refractivity contribution is -0.105. The average Bonchev–Trinajstić information content (AvgIpc) is 3.24. The number of fused-ring (bicyclic) bond motifs is 1. The largest absolute Gasteiger partial charge is 0.465 e. The normalized spacial score (nSPS) is 16.0. The van der Waals surface area contributed by atoms with Crippen LogP contribution in [0, 0.1) is 5.82 Å². The van der Waals surface area contributed by atoms with Gasteiger partial charge in [0.1, 0.15) is 22.9 Å². The van der Waals surface area contributed by atoms with Crippen molar-refractivity contribution in [3.05, 3.63) is 78.1 Å². The molecule has 1 fully saturated rings. The number of hydrogen-bond acceptors (Lipinski definition) is 4. The van der Waals surface area contributed by atoms with E-state index in [4.69, 9.17) is 13.9 Å². The van der Waals surface area contributed by atoms with Gasteiger partial charge in [0, 0.05) is 24.4 Å². The van der Waals surface area contributed by atoms with Gasteiger partial charge in [-0.25, -0.2) is 4.39 Å². The molecule has 6 heteroatoms. The molecule has 1 aliphatic rings. The fourth-order valence-corrected chi connectivity index (χ4v) is 4.11. The fraction of sp³-hybridized carbons (Fsp3) is 0.222. The molecule has 0 bridgehead atoms. The fourth-order valence-electron chi connectivity index (χ4n) is 4.11. The van der Waals surface area contributed by atoms with Crippen LogP contribution in [0.1, 0.15) is 29.6 Å². The number of carbonyl (C=O) groups excluding carboxylic acids is 1. The number of carbonyl (C=O) groups is 1. The molecule has 1 atom stereocenters. The number of amides is 1. The quantitative estimate of drug-likeness (QED) is 0.399. The third-order valence-corrected chi connectivity index (χ3v) is 5.84. The molecule has 5 rings (SSSR count). The minimum Gasteiger partial charge on any atom is -0.465 e. The maximum atomic E-state index is 13.4. The molecule has 2 heterocycles. The van der Waals surface area contributed by atoms with Crippen molar-refractivity contribution in [1.82, 2.24) is 5.32 Å². The summed E-state index contributed by atoms with van der Waals surface area (Å²) in [6, 6.07) is 19.5. The molecule has 5 nitrogen and oxygen atoms in total. The van der Waals surface area contributed by atoms with Crippen LogP contribution >= 0.6 is 0 Å². The Morgan fingerprint density at radius 3 is 2.39 bits per heavy atom. The van der Waals surface area contributed by atoms with Crippen LogP contribution in [0.2, 0.25) is 0 Å². The minimum absolute atomic E-state index is 0.188. The van der Waals surface area contributed by atoms with Crippen molar-refractivity contribution in [3.63, 3.8) is 0 Å². The summed E-state index contributed by atoms with van der Waals surface area (Å²) in [7, 11) is 1.58. The van der Waals surface area contributed by atoms with Crippen LogP contribution in [0.5, 0.6) is 5.75 Å². The third-order valence-electron chi connectivity index (χ3n) is 5.84. The van der Waals surface area contributed by atoms with Crippen molar-refractivity contribution in [2.45, 2.75) is 25.6 Å². The molecule has 0 radical (unpaired) electrons. The van der Waals surface area contributed by atoms with Crippen LogP contribution in [0.4, 0.5) is 4.39 Å². The molecule has 1 aromatic heterocycles. The molecule has 4 aromatic rings. The highest BCUT2D eigenvalue weighted by molar-refractivity contribution is 6.11. The summed E-state index contributed by atoms with van der Waals surface area (Å²) in [5.74, 6) is 0.569. The molecule has 1 unspecified atom stereocenters. The SMILES string of the molecule is CNC(=O)c1c(-c2ccc(F)cc2)oc2ccc(-c3ccc(OC4CCCCO4)cc3)cc12. The maximum absolute atomic E-state index is 13.4. The van der Waals surface area contributed by atoms with Gasteiger partial charge in [-0.3, -0.25) is 4.79 Å². The van der Waals surface area contributed by atoms with Crippen LogP contribution < -0.4 is 10.1 Å². The second kappa shape index (κ2) is 9.08. The first-order valence-electron chi connectivity index (χ1n) is 11.1. The standard InChI is InChI=1S/C27H24FNO4/c1-29-27(30)25-22-16-19(9-14-23(22)33-26(25)18-5-10-20(28)11-6-18)17-7-12-21(13-8-17)32-24-4-2-3-15-31-24/h5-14,16,24H,2-4,15H2,1H3,(H,29,30). The van der Waals surface area contributed by atoms with Gasteiger partial charge in [0.25, 0.3) is 5.91 Å². The van der Waals surface area contributed by atoms with Crippen molar-refractivity contribution >= 4 is 16.9 Å². The Labute approximate surface area is 191 Å². The number of benzene rings is 3. The number of ether oxygens (including phenoxy) is 2. The van der Waals surface area contributed by atoms with Gasteiger partial charge in [-0.05, 0) is 72.5 Å². The van der Waals surface area contributed by atoms with Gasteiger partial charge in [-0.15, -0.1) is 0 Å². The summed E-state index contributed by atoms with van der Waals surface area (Å²) in [5.41, 5.74) is 3.58. The Hall–Kier alpha value is -3.64. The van der Waals surface area contributed by atoms with Gasteiger partial charge in [-0.2, -0.15) is 0 Å². The molecule has 1 aliphatic heterocycles. The number of hydrogen-bond donors (Lipinski definition) is 1. The summed E-state index contributed by atoms with van der Waals surface area (Å²) in [5, 5.41) is 3.38. The van der Waals surface area contributed by atoms with Gasteiger partial charge in [-0.1, -0.05) is 18.2 Å².